The Balaban J connectivity index is 2.14. The molecule has 1 heterocycles. The van der Waals surface area contributed by atoms with E-state index >= 15 is 0 Å². The quantitative estimate of drug-likeness (QED) is 0.786. The van der Waals surface area contributed by atoms with Crippen LogP contribution in [-0.4, -0.2) is 4.98 Å². The summed E-state index contributed by atoms with van der Waals surface area (Å²) in [5.41, 5.74) is 0.768. The van der Waals surface area contributed by atoms with Crippen LogP contribution < -0.4 is 0 Å². The maximum Gasteiger partial charge on any atom is 0.117 e. The second-order valence-electron chi connectivity index (χ2n) is 3.94. The molecule has 80 valence electrons. The summed E-state index contributed by atoms with van der Waals surface area (Å²) < 4.78 is 0.706. The van der Waals surface area contributed by atoms with Crippen molar-refractivity contribution in [1.82, 2.24) is 4.98 Å². The fraction of sp³-hybridized carbons (Fsp3) is 0.636. The van der Waals surface area contributed by atoms with Gasteiger partial charge in [0.25, 0.3) is 0 Å². The van der Waals surface area contributed by atoms with Crippen molar-refractivity contribution in [3.63, 3.8) is 0 Å². The van der Waals surface area contributed by atoms with Gasteiger partial charge in [0, 0.05) is 5.92 Å². The molecule has 2 rings (SSSR count). The van der Waals surface area contributed by atoms with Crippen LogP contribution in [0.1, 0.15) is 48.7 Å². The molecule has 1 saturated carbocycles. The largest absolute Gasteiger partial charge is 0.243 e. The molecule has 2 nitrogen and oxygen atoms in total. The number of aromatic nitrogens is 1. The van der Waals surface area contributed by atoms with E-state index in [2.05, 4.69) is 11.1 Å². The first-order chi connectivity index (χ1) is 7.31. The van der Waals surface area contributed by atoms with E-state index < -0.39 is 0 Å². The molecule has 0 N–H and O–H groups in total. The van der Waals surface area contributed by atoms with Crippen LogP contribution in [0.5, 0.6) is 0 Å². The summed E-state index contributed by atoms with van der Waals surface area (Å²) in [5, 5.41) is 9.76. The van der Waals surface area contributed by atoms with Crippen LogP contribution in [-0.2, 0) is 6.42 Å². The molecule has 1 aliphatic carbocycles. The zero-order valence-corrected chi connectivity index (χ0v) is 10.1. The molecule has 1 aromatic rings. The summed E-state index contributed by atoms with van der Waals surface area (Å²) in [6, 6.07) is 2.10. The molecule has 0 aromatic carbocycles. The fourth-order valence-corrected chi connectivity index (χ4v) is 3.38. The third kappa shape index (κ3) is 2.50. The molecule has 1 aromatic heterocycles. The number of thiazole rings is 1. The van der Waals surface area contributed by atoms with Gasteiger partial charge in [-0.1, -0.05) is 30.9 Å². The molecule has 4 heteroatoms. The molecule has 0 amide bonds. The number of hydrogen-bond acceptors (Lipinski definition) is 3. The van der Waals surface area contributed by atoms with E-state index in [1.807, 2.05) is 0 Å². The zero-order valence-electron chi connectivity index (χ0n) is 8.50. The fourth-order valence-electron chi connectivity index (χ4n) is 2.06. The van der Waals surface area contributed by atoms with E-state index in [-0.39, 0.29) is 0 Å². The van der Waals surface area contributed by atoms with Gasteiger partial charge < -0.3 is 0 Å². The van der Waals surface area contributed by atoms with Crippen LogP contribution in [0.4, 0.5) is 0 Å². The monoisotopic (exact) mass is 240 g/mol. The molecule has 1 fully saturated rings. The SMILES string of the molecule is N#CCc1nc(C2CCCCC2)sc1Cl. The Hall–Kier alpha value is -0.590. The molecule has 0 unspecified atom stereocenters. The summed E-state index contributed by atoms with van der Waals surface area (Å²) >= 11 is 7.61. The molecular formula is C11H13ClN2S. The van der Waals surface area contributed by atoms with Gasteiger partial charge in [0.15, 0.2) is 0 Å². The number of nitriles is 1. The van der Waals surface area contributed by atoms with Crippen molar-refractivity contribution in [1.29, 1.82) is 5.26 Å². The van der Waals surface area contributed by atoms with Crippen molar-refractivity contribution in [2.24, 2.45) is 0 Å². The molecule has 0 bridgehead atoms. The summed E-state index contributed by atoms with van der Waals surface area (Å²) in [6.07, 6.45) is 6.75. The maximum atomic E-state index is 8.62. The second-order valence-corrected chi connectivity index (χ2v) is 5.58. The molecule has 0 radical (unpaired) electrons. The van der Waals surface area contributed by atoms with Gasteiger partial charge in [-0.05, 0) is 12.8 Å². The van der Waals surface area contributed by atoms with E-state index in [1.54, 1.807) is 11.3 Å². The molecule has 15 heavy (non-hydrogen) atoms. The Kier molecular flexibility index (Phi) is 3.61. The Morgan fingerprint density at radius 3 is 2.80 bits per heavy atom. The molecule has 0 atom stereocenters. The Morgan fingerprint density at radius 2 is 2.13 bits per heavy atom. The first kappa shape index (κ1) is 10.9. The number of hydrogen-bond donors (Lipinski definition) is 0. The summed E-state index contributed by atoms with van der Waals surface area (Å²) in [5.74, 6) is 0.591. The van der Waals surface area contributed by atoms with E-state index in [1.165, 1.54) is 32.1 Å². The number of rotatable bonds is 2. The van der Waals surface area contributed by atoms with Gasteiger partial charge in [-0.25, -0.2) is 4.98 Å². The number of nitrogens with zero attached hydrogens (tertiary/aromatic N) is 2. The van der Waals surface area contributed by atoms with Crippen molar-refractivity contribution < 1.29 is 0 Å². The Labute approximate surface area is 98.9 Å². The maximum absolute atomic E-state index is 8.62. The third-order valence-corrected chi connectivity index (χ3v) is 4.37. The predicted octanol–water partition coefficient (Wildman–Crippen LogP) is 3.91. The first-order valence-corrected chi connectivity index (χ1v) is 6.52. The van der Waals surface area contributed by atoms with Crippen LogP contribution in [0, 0.1) is 11.3 Å². The van der Waals surface area contributed by atoms with Gasteiger partial charge in [-0.3, -0.25) is 0 Å². The standard InChI is InChI=1S/C11H13ClN2S/c12-10-9(6-7-13)14-11(15-10)8-4-2-1-3-5-8/h8H,1-6H2. The van der Waals surface area contributed by atoms with Crippen molar-refractivity contribution in [2.45, 2.75) is 44.4 Å². The highest BCUT2D eigenvalue weighted by atomic mass is 35.5. The van der Waals surface area contributed by atoms with Gasteiger partial charge in [0.05, 0.1) is 23.2 Å². The van der Waals surface area contributed by atoms with Gasteiger partial charge >= 0.3 is 0 Å². The number of halogens is 1. The summed E-state index contributed by atoms with van der Waals surface area (Å²) in [7, 11) is 0. The molecule has 0 spiro atoms. The molecular weight excluding hydrogens is 228 g/mol. The predicted molar refractivity (Wildman–Crippen MR) is 62.3 cm³/mol. The zero-order chi connectivity index (χ0) is 10.7. The van der Waals surface area contributed by atoms with Crippen LogP contribution in [0.2, 0.25) is 4.34 Å². The van der Waals surface area contributed by atoms with Crippen LogP contribution >= 0.6 is 22.9 Å². The van der Waals surface area contributed by atoms with Crippen molar-refractivity contribution in [2.75, 3.05) is 0 Å². The normalized spacial score (nSPS) is 17.6. The molecule has 1 aliphatic rings. The van der Waals surface area contributed by atoms with Gasteiger partial charge in [-0.15, -0.1) is 11.3 Å². The van der Waals surface area contributed by atoms with E-state index in [0.29, 0.717) is 16.7 Å². The highest BCUT2D eigenvalue weighted by Crippen LogP contribution is 2.37. The highest BCUT2D eigenvalue weighted by molar-refractivity contribution is 7.16. The lowest BCUT2D eigenvalue weighted by atomic mass is 9.90. The van der Waals surface area contributed by atoms with Crippen LogP contribution in [0.15, 0.2) is 0 Å². The smallest absolute Gasteiger partial charge is 0.117 e. The van der Waals surface area contributed by atoms with Gasteiger partial charge in [0.1, 0.15) is 4.34 Å². The highest BCUT2D eigenvalue weighted by Gasteiger charge is 2.20. The lowest BCUT2D eigenvalue weighted by Gasteiger charge is -2.18. The van der Waals surface area contributed by atoms with Crippen molar-refractivity contribution >= 4 is 22.9 Å². The van der Waals surface area contributed by atoms with Gasteiger partial charge in [0.2, 0.25) is 0 Å². The second kappa shape index (κ2) is 4.96. The lowest BCUT2D eigenvalue weighted by molar-refractivity contribution is 0.442. The minimum atomic E-state index is 0.335. The molecule has 0 aliphatic heterocycles. The summed E-state index contributed by atoms with van der Waals surface area (Å²) in [6.45, 7) is 0. The third-order valence-electron chi connectivity index (χ3n) is 2.87. The molecule has 0 saturated heterocycles. The lowest BCUT2D eigenvalue weighted by Crippen LogP contribution is -2.04. The van der Waals surface area contributed by atoms with E-state index in [9.17, 15) is 0 Å². The van der Waals surface area contributed by atoms with Crippen LogP contribution in [0.25, 0.3) is 0 Å². The van der Waals surface area contributed by atoms with Crippen LogP contribution in [0.3, 0.4) is 0 Å². The van der Waals surface area contributed by atoms with Crippen molar-refractivity contribution in [3.05, 3.63) is 15.0 Å². The minimum absolute atomic E-state index is 0.335. The average molecular weight is 241 g/mol. The Morgan fingerprint density at radius 1 is 1.40 bits per heavy atom. The Bertz CT molecular complexity index is 374. The summed E-state index contributed by atoms with van der Waals surface area (Å²) in [4.78, 5) is 4.49. The van der Waals surface area contributed by atoms with Gasteiger partial charge in [-0.2, -0.15) is 5.26 Å². The van der Waals surface area contributed by atoms with E-state index in [4.69, 9.17) is 16.9 Å². The van der Waals surface area contributed by atoms with E-state index in [0.717, 1.165) is 10.7 Å². The topological polar surface area (TPSA) is 36.7 Å². The van der Waals surface area contributed by atoms with Crippen molar-refractivity contribution in [3.8, 4) is 6.07 Å². The minimum Gasteiger partial charge on any atom is -0.243 e. The first-order valence-electron chi connectivity index (χ1n) is 5.33. The average Bonchev–Trinajstić information content (AvgIpc) is 2.63.